The SMILES string of the molecule is CN(C)[C@@H]1C[C@@H](CO)N(c2cc(C3CC3)nn3cnnc23)C1. The Morgan fingerprint density at radius 2 is 2.18 bits per heavy atom. The van der Waals surface area contributed by atoms with Crippen LogP contribution in [0.25, 0.3) is 5.65 Å². The smallest absolute Gasteiger partial charge is 0.200 e. The van der Waals surface area contributed by atoms with Crippen molar-refractivity contribution in [2.45, 2.75) is 37.3 Å². The van der Waals surface area contributed by atoms with Crippen LogP contribution < -0.4 is 4.90 Å². The normalized spacial score (nSPS) is 25.5. The summed E-state index contributed by atoms with van der Waals surface area (Å²) in [4.78, 5) is 4.51. The standard InChI is InChI=1S/C15H22N6O/c1-19(2)11-5-12(8-22)20(7-11)14-6-13(10-3-4-10)18-21-9-16-17-15(14)21/h6,9-12,22H,3-5,7-8H2,1-2H3/t11-,12+/m1/s1. The Kier molecular flexibility index (Phi) is 3.27. The van der Waals surface area contributed by atoms with E-state index in [1.165, 1.54) is 12.8 Å². The lowest BCUT2D eigenvalue weighted by Crippen LogP contribution is -2.34. The first-order valence-electron chi connectivity index (χ1n) is 7.92. The van der Waals surface area contributed by atoms with Gasteiger partial charge in [-0.05, 0) is 39.4 Å². The van der Waals surface area contributed by atoms with E-state index in [-0.39, 0.29) is 12.6 Å². The second-order valence-electron chi connectivity index (χ2n) is 6.67. The summed E-state index contributed by atoms with van der Waals surface area (Å²) >= 11 is 0. The largest absolute Gasteiger partial charge is 0.394 e. The second-order valence-corrected chi connectivity index (χ2v) is 6.67. The maximum atomic E-state index is 9.79. The van der Waals surface area contributed by atoms with Crippen LogP contribution in [0.1, 0.15) is 30.9 Å². The van der Waals surface area contributed by atoms with E-state index >= 15 is 0 Å². The van der Waals surface area contributed by atoms with E-state index in [1.807, 2.05) is 0 Å². The fourth-order valence-corrected chi connectivity index (χ4v) is 3.35. The van der Waals surface area contributed by atoms with Crippen molar-refractivity contribution in [1.29, 1.82) is 0 Å². The van der Waals surface area contributed by atoms with Crippen LogP contribution in [0, 0.1) is 0 Å². The summed E-state index contributed by atoms with van der Waals surface area (Å²) in [7, 11) is 4.19. The molecule has 4 rings (SSSR count). The lowest BCUT2D eigenvalue weighted by Gasteiger charge is -2.26. The molecule has 1 saturated heterocycles. The van der Waals surface area contributed by atoms with Crippen molar-refractivity contribution in [3.63, 3.8) is 0 Å². The van der Waals surface area contributed by atoms with Gasteiger partial charge in [-0.25, -0.2) is 0 Å². The Morgan fingerprint density at radius 3 is 2.86 bits per heavy atom. The Bertz CT molecular complexity index is 680. The average molecular weight is 302 g/mol. The number of aliphatic hydroxyl groups excluding tert-OH is 1. The Labute approximate surface area is 129 Å². The van der Waals surface area contributed by atoms with E-state index in [0.29, 0.717) is 12.0 Å². The highest BCUT2D eigenvalue weighted by atomic mass is 16.3. The molecule has 0 spiro atoms. The predicted octanol–water partition coefficient (Wildman–Crippen LogP) is 0.503. The molecular weight excluding hydrogens is 280 g/mol. The predicted molar refractivity (Wildman–Crippen MR) is 83.1 cm³/mol. The molecule has 2 aliphatic rings. The quantitative estimate of drug-likeness (QED) is 0.887. The van der Waals surface area contributed by atoms with Gasteiger partial charge in [0.25, 0.3) is 0 Å². The molecule has 0 aromatic carbocycles. The zero-order chi connectivity index (χ0) is 15.3. The van der Waals surface area contributed by atoms with Crippen LogP contribution in [0.2, 0.25) is 0 Å². The summed E-state index contributed by atoms with van der Waals surface area (Å²) in [6.45, 7) is 1.06. The minimum Gasteiger partial charge on any atom is -0.394 e. The Hall–Kier alpha value is -1.73. The van der Waals surface area contributed by atoms with Gasteiger partial charge in [0, 0.05) is 18.5 Å². The lowest BCUT2D eigenvalue weighted by molar-refractivity contribution is 0.251. The fraction of sp³-hybridized carbons (Fsp3) is 0.667. The monoisotopic (exact) mass is 302 g/mol. The summed E-state index contributed by atoms with van der Waals surface area (Å²) in [6.07, 6.45) is 5.05. The third kappa shape index (κ3) is 2.24. The number of anilines is 1. The Balaban J connectivity index is 1.77. The number of fused-ring (bicyclic) bond motifs is 1. The molecule has 2 atom stereocenters. The maximum Gasteiger partial charge on any atom is 0.200 e. The summed E-state index contributed by atoms with van der Waals surface area (Å²) in [5.74, 6) is 0.574. The van der Waals surface area contributed by atoms with Crippen LogP contribution in [0.3, 0.4) is 0 Å². The molecule has 2 aromatic rings. The third-order valence-electron chi connectivity index (χ3n) is 4.91. The fourth-order valence-electron chi connectivity index (χ4n) is 3.35. The minimum absolute atomic E-state index is 0.127. The van der Waals surface area contributed by atoms with Crippen molar-refractivity contribution >= 4 is 11.3 Å². The molecule has 1 N–H and O–H groups in total. The van der Waals surface area contributed by atoms with E-state index in [9.17, 15) is 5.11 Å². The third-order valence-corrected chi connectivity index (χ3v) is 4.91. The summed E-state index contributed by atoms with van der Waals surface area (Å²) < 4.78 is 1.78. The van der Waals surface area contributed by atoms with Crippen LogP contribution >= 0.6 is 0 Å². The molecule has 0 bridgehead atoms. The van der Waals surface area contributed by atoms with Gasteiger partial charge in [0.15, 0.2) is 0 Å². The van der Waals surface area contributed by atoms with Gasteiger partial charge in [0.2, 0.25) is 5.65 Å². The zero-order valence-corrected chi connectivity index (χ0v) is 13.1. The van der Waals surface area contributed by atoms with Gasteiger partial charge in [-0.1, -0.05) is 0 Å². The molecule has 7 nitrogen and oxygen atoms in total. The van der Waals surface area contributed by atoms with Gasteiger partial charge in [-0.2, -0.15) is 9.61 Å². The molecule has 2 fully saturated rings. The van der Waals surface area contributed by atoms with Gasteiger partial charge in [-0.3, -0.25) is 0 Å². The minimum atomic E-state index is 0.127. The van der Waals surface area contributed by atoms with Crippen molar-refractivity contribution < 1.29 is 5.11 Å². The van der Waals surface area contributed by atoms with E-state index < -0.39 is 0 Å². The van der Waals surface area contributed by atoms with E-state index in [0.717, 1.165) is 30.0 Å². The van der Waals surface area contributed by atoms with Crippen molar-refractivity contribution in [1.82, 2.24) is 24.7 Å². The number of aromatic nitrogens is 4. The van der Waals surface area contributed by atoms with Crippen molar-refractivity contribution in [3.05, 3.63) is 18.1 Å². The highest BCUT2D eigenvalue weighted by Gasteiger charge is 2.35. The molecular formula is C15H22N6O. The average Bonchev–Trinajstić information content (AvgIpc) is 3.10. The van der Waals surface area contributed by atoms with E-state index in [4.69, 9.17) is 0 Å². The van der Waals surface area contributed by atoms with Crippen molar-refractivity contribution in [2.24, 2.45) is 0 Å². The van der Waals surface area contributed by atoms with Gasteiger partial charge < -0.3 is 14.9 Å². The number of rotatable bonds is 4. The number of aliphatic hydroxyl groups is 1. The topological polar surface area (TPSA) is 69.8 Å². The maximum absolute atomic E-state index is 9.79. The molecule has 0 radical (unpaired) electrons. The summed E-state index contributed by atoms with van der Waals surface area (Å²) in [5, 5.41) is 22.7. The van der Waals surface area contributed by atoms with Gasteiger partial charge in [0.1, 0.15) is 6.33 Å². The first-order valence-corrected chi connectivity index (χ1v) is 7.92. The summed E-state index contributed by atoms with van der Waals surface area (Å²) in [6, 6.07) is 2.72. The molecule has 1 saturated carbocycles. The first kappa shape index (κ1) is 13.9. The van der Waals surface area contributed by atoms with E-state index in [1.54, 1.807) is 10.8 Å². The van der Waals surface area contributed by atoms with Crippen LogP contribution in [0.5, 0.6) is 0 Å². The van der Waals surface area contributed by atoms with Gasteiger partial charge in [0.05, 0.1) is 24.0 Å². The highest BCUT2D eigenvalue weighted by molar-refractivity contribution is 5.69. The number of nitrogens with zero attached hydrogens (tertiary/aromatic N) is 6. The number of likely N-dealkylation sites (N-methyl/N-ethyl adjacent to an activating group) is 1. The molecule has 1 aliphatic heterocycles. The molecule has 0 amide bonds. The van der Waals surface area contributed by atoms with Gasteiger partial charge in [-0.15, -0.1) is 10.2 Å². The Morgan fingerprint density at radius 1 is 1.36 bits per heavy atom. The molecule has 7 heteroatoms. The second kappa shape index (κ2) is 5.17. The van der Waals surface area contributed by atoms with Crippen LogP contribution in [0.4, 0.5) is 5.69 Å². The molecule has 1 aliphatic carbocycles. The van der Waals surface area contributed by atoms with Crippen LogP contribution in [-0.2, 0) is 0 Å². The lowest BCUT2D eigenvalue weighted by atomic mass is 10.1. The molecule has 118 valence electrons. The van der Waals surface area contributed by atoms with E-state index in [2.05, 4.69) is 45.3 Å². The molecule has 2 aromatic heterocycles. The van der Waals surface area contributed by atoms with Crippen LogP contribution in [-0.4, -0.2) is 69.1 Å². The number of hydrogen-bond donors (Lipinski definition) is 1. The zero-order valence-electron chi connectivity index (χ0n) is 13.1. The molecule has 22 heavy (non-hydrogen) atoms. The molecule has 0 unspecified atom stereocenters. The van der Waals surface area contributed by atoms with Crippen molar-refractivity contribution in [3.8, 4) is 0 Å². The highest BCUT2D eigenvalue weighted by Crippen LogP contribution is 2.41. The van der Waals surface area contributed by atoms with Crippen molar-refractivity contribution in [2.75, 3.05) is 32.1 Å². The number of hydrogen-bond acceptors (Lipinski definition) is 6. The molecule has 3 heterocycles. The summed E-state index contributed by atoms with van der Waals surface area (Å²) in [5.41, 5.74) is 2.95. The van der Waals surface area contributed by atoms with Crippen LogP contribution in [0.15, 0.2) is 12.4 Å². The first-order chi connectivity index (χ1) is 10.7. The van der Waals surface area contributed by atoms with Gasteiger partial charge >= 0.3 is 0 Å².